The Labute approximate surface area is 178 Å². The number of aromatic nitrogens is 3. The van der Waals surface area contributed by atoms with Crippen LogP contribution in [-0.2, 0) is 4.79 Å². The summed E-state index contributed by atoms with van der Waals surface area (Å²) in [6.07, 6.45) is 7.16. The van der Waals surface area contributed by atoms with Crippen molar-refractivity contribution in [2.24, 2.45) is 11.8 Å². The van der Waals surface area contributed by atoms with Gasteiger partial charge in [-0.25, -0.2) is 0 Å². The number of nitrogens with one attached hydrogen (secondary N) is 2. The Hall–Kier alpha value is -1.70. The number of carbonyl (C=O) groups excluding carboxylic acids is 1. The van der Waals surface area contributed by atoms with E-state index < -0.39 is 0 Å². The number of amides is 1. The summed E-state index contributed by atoms with van der Waals surface area (Å²) in [7, 11) is 0. The molecular weight excluding hydrogens is 401 g/mol. The summed E-state index contributed by atoms with van der Waals surface area (Å²) in [5.41, 5.74) is 0.842. The van der Waals surface area contributed by atoms with Crippen LogP contribution >= 0.6 is 24.8 Å². The van der Waals surface area contributed by atoms with Crippen LogP contribution in [0.2, 0.25) is 0 Å². The number of pyridine rings is 1. The van der Waals surface area contributed by atoms with Gasteiger partial charge in [-0.3, -0.25) is 9.78 Å². The maximum Gasteiger partial charge on any atom is 0.249 e. The minimum Gasteiger partial charge on any atom is -0.344 e. The monoisotopic (exact) mass is 429 g/mol. The van der Waals surface area contributed by atoms with Gasteiger partial charge in [0.2, 0.25) is 17.6 Å². The highest BCUT2D eigenvalue weighted by molar-refractivity contribution is 5.85. The molecule has 1 unspecified atom stereocenters. The Kier molecular flexibility index (Phi) is 10.4. The van der Waals surface area contributed by atoms with Gasteiger partial charge in [-0.15, -0.1) is 24.8 Å². The molecule has 0 aliphatic carbocycles. The van der Waals surface area contributed by atoms with Crippen molar-refractivity contribution in [1.29, 1.82) is 0 Å². The van der Waals surface area contributed by atoms with E-state index in [4.69, 9.17) is 4.52 Å². The molecule has 1 atom stereocenters. The normalized spacial score (nSPS) is 15.4. The second-order valence-corrected chi connectivity index (χ2v) is 7.21. The van der Waals surface area contributed by atoms with E-state index in [9.17, 15) is 4.79 Å². The van der Waals surface area contributed by atoms with Gasteiger partial charge in [-0.2, -0.15) is 4.98 Å². The Morgan fingerprint density at radius 2 is 1.93 bits per heavy atom. The number of hydrogen-bond donors (Lipinski definition) is 2. The minimum absolute atomic E-state index is 0. The standard InChI is InChI=1S/C19H27N5O2.2ClH/c1-13(2)17(22-16(25)4-3-14-5-9-20-10-6-14)19-23-18(24-26-19)15-7-11-21-12-8-15;;/h7-8,11-14,17,20H,3-6,9-10H2,1-2H3,(H,22,25);2*1H. The maximum absolute atomic E-state index is 12.4. The first-order valence-corrected chi connectivity index (χ1v) is 9.37. The third-order valence-corrected chi connectivity index (χ3v) is 4.87. The molecule has 7 nitrogen and oxygen atoms in total. The number of piperidine rings is 1. The van der Waals surface area contributed by atoms with E-state index in [1.54, 1.807) is 12.4 Å². The summed E-state index contributed by atoms with van der Waals surface area (Å²) in [6, 6.07) is 3.38. The van der Waals surface area contributed by atoms with E-state index in [0.717, 1.165) is 37.9 Å². The molecule has 1 aliphatic rings. The lowest BCUT2D eigenvalue weighted by atomic mass is 9.93. The lowest BCUT2D eigenvalue weighted by Crippen LogP contribution is -2.33. The molecule has 2 N–H and O–H groups in total. The zero-order valence-corrected chi connectivity index (χ0v) is 17.9. The smallest absolute Gasteiger partial charge is 0.249 e. The number of halogens is 2. The molecule has 1 aliphatic heterocycles. The summed E-state index contributed by atoms with van der Waals surface area (Å²) in [4.78, 5) is 20.9. The number of rotatable bonds is 7. The molecule has 2 aromatic rings. The van der Waals surface area contributed by atoms with E-state index >= 15 is 0 Å². The van der Waals surface area contributed by atoms with Crippen LogP contribution in [0.4, 0.5) is 0 Å². The molecule has 1 amide bonds. The summed E-state index contributed by atoms with van der Waals surface area (Å²) in [6.45, 7) is 6.18. The van der Waals surface area contributed by atoms with Gasteiger partial charge in [0, 0.05) is 24.4 Å². The van der Waals surface area contributed by atoms with E-state index in [2.05, 4.69) is 25.8 Å². The summed E-state index contributed by atoms with van der Waals surface area (Å²) < 4.78 is 5.43. The van der Waals surface area contributed by atoms with Crippen molar-refractivity contribution in [3.05, 3.63) is 30.4 Å². The van der Waals surface area contributed by atoms with Gasteiger partial charge in [-0.1, -0.05) is 19.0 Å². The van der Waals surface area contributed by atoms with Crippen molar-refractivity contribution in [2.75, 3.05) is 13.1 Å². The highest BCUT2D eigenvalue weighted by Crippen LogP contribution is 2.24. The van der Waals surface area contributed by atoms with Crippen LogP contribution in [0.3, 0.4) is 0 Å². The predicted octanol–water partition coefficient (Wildman–Crippen LogP) is 3.57. The van der Waals surface area contributed by atoms with Gasteiger partial charge in [0.25, 0.3) is 0 Å². The summed E-state index contributed by atoms with van der Waals surface area (Å²) in [5, 5.41) is 10.5. The van der Waals surface area contributed by atoms with Crippen molar-refractivity contribution >= 4 is 30.7 Å². The molecule has 0 saturated carbocycles. The number of nitrogens with zero attached hydrogens (tertiary/aromatic N) is 3. The number of carbonyl (C=O) groups is 1. The third kappa shape index (κ3) is 6.72. The van der Waals surface area contributed by atoms with E-state index in [0.29, 0.717) is 24.1 Å². The molecule has 156 valence electrons. The molecule has 0 aromatic carbocycles. The Bertz CT molecular complexity index is 705. The quantitative estimate of drug-likeness (QED) is 0.698. The van der Waals surface area contributed by atoms with E-state index in [-0.39, 0.29) is 42.7 Å². The topological polar surface area (TPSA) is 92.9 Å². The minimum atomic E-state index is -0.279. The third-order valence-electron chi connectivity index (χ3n) is 4.87. The van der Waals surface area contributed by atoms with Crippen LogP contribution in [0.15, 0.2) is 29.0 Å². The predicted molar refractivity (Wildman–Crippen MR) is 113 cm³/mol. The van der Waals surface area contributed by atoms with E-state index in [1.807, 2.05) is 26.0 Å². The van der Waals surface area contributed by atoms with Gasteiger partial charge in [0.15, 0.2) is 0 Å². The molecule has 0 bridgehead atoms. The second kappa shape index (κ2) is 12.0. The molecular formula is C19H29Cl2N5O2. The second-order valence-electron chi connectivity index (χ2n) is 7.21. The van der Waals surface area contributed by atoms with Crippen LogP contribution < -0.4 is 10.6 Å². The van der Waals surface area contributed by atoms with Gasteiger partial charge in [0.05, 0.1) is 0 Å². The van der Waals surface area contributed by atoms with Crippen molar-refractivity contribution in [3.63, 3.8) is 0 Å². The average molecular weight is 430 g/mol. The SMILES string of the molecule is CC(C)C(NC(=O)CCC1CCNCC1)c1nc(-c2ccncc2)no1.Cl.Cl. The first kappa shape index (κ1) is 24.3. The van der Waals surface area contributed by atoms with Crippen LogP contribution in [0.5, 0.6) is 0 Å². The zero-order chi connectivity index (χ0) is 18.4. The average Bonchev–Trinajstić information content (AvgIpc) is 3.15. The van der Waals surface area contributed by atoms with Crippen molar-refractivity contribution in [2.45, 2.75) is 45.6 Å². The van der Waals surface area contributed by atoms with Crippen LogP contribution in [0.1, 0.15) is 51.5 Å². The first-order chi connectivity index (χ1) is 12.6. The van der Waals surface area contributed by atoms with Gasteiger partial charge < -0.3 is 15.2 Å². The Morgan fingerprint density at radius 1 is 1.25 bits per heavy atom. The highest BCUT2D eigenvalue weighted by Gasteiger charge is 2.25. The van der Waals surface area contributed by atoms with E-state index in [1.165, 1.54) is 0 Å². The van der Waals surface area contributed by atoms with Crippen LogP contribution in [-0.4, -0.2) is 34.1 Å². The largest absolute Gasteiger partial charge is 0.344 e. The molecule has 1 saturated heterocycles. The molecule has 0 spiro atoms. The van der Waals surface area contributed by atoms with Crippen LogP contribution in [0.25, 0.3) is 11.4 Å². The van der Waals surface area contributed by atoms with Crippen molar-refractivity contribution in [1.82, 2.24) is 25.8 Å². The lowest BCUT2D eigenvalue weighted by Gasteiger charge is -2.23. The first-order valence-electron chi connectivity index (χ1n) is 9.37. The lowest BCUT2D eigenvalue weighted by molar-refractivity contribution is -0.122. The van der Waals surface area contributed by atoms with Gasteiger partial charge in [0.1, 0.15) is 6.04 Å². The Balaban J connectivity index is 0.00000196. The molecule has 3 heterocycles. The molecule has 2 aromatic heterocycles. The van der Waals surface area contributed by atoms with Crippen LogP contribution in [0, 0.1) is 11.8 Å². The summed E-state index contributed by atoms with van der Waals surface area (Å²) >= 11 is 0. The van der Waals surface area contributed by atoms with Crippen molar-refractivity contribution in [3.8, 4) is 11.4 Å². The molecule has 28 heavy (non-hydrogen) atoms. The van der Waals surface area contributed by atoms with Gasteiger partial charge >= 0.3 is 0 Å². The van der Waals surface area contributed by atoms with Gasteiger partial charge in [-0.05, 0) is 56.3 Å². The molecule has 9 heteroatoms. The molecule has 1 fully saturated rings. The number of hydrogen-bond acceptors (Lipinski definition) is 6. The highest BCUT2D eigenvalue weighted by atomic mass is 35.5. The maximum atomic E-state index is 12.4. The Morgan fingerprint density at radius 3 is 2.57 bits per heavy atom. The molecule has 0 radical (unpaired) electrons. The summed E-state index contributed by atoms with van der Waals surface area (Å²) in [5.74, 6) is 1.80. The fraction of sp³-hybridized carbons (Fsp3) is 0.579. The fourth-order valence-electron chi connectivity index (χ4n) is 3.24. The molecule has 3 rings (SSSR count). The fourth-order valence-corrected chi connectivity index (χ4v) is 3.24. The van der Waals surface area contributed by atoms with Crippen molar-refractivity contribution < 1.29 is 9.32 Å². The zero-order valence-electron chi connectivity index (χ0n) is 16.3.